The zero-order chi connectivity index (χ0) is 85.0. The van der Waals surface area contributed by atoms with E-state index in [2.05, 4.69) is 63.8 Å². The molecule has 114 heavy (non-hydrogen) atoms. The first kappa shape index (κ1) is 98.7. The van der Waals surface area contributed by atoms with Gasteiger partial charge in [-0.05, 0) is 177 Å². The molecule has 0 saturated heterocycles. The molecule has 0 radical (unpaired) electrons. The van der Waals surface area contributed by atoms with Gasteiger partial charge in [0.2, 0.25) is 70.9 Å². The minimum atomic E-state index is -1.74. The summed E-state index contributed by atoms with van der Waals surface area (Å²) in [5.41, 5.74) is 31.2. The average molecular weight is 1600 g/mol. The molecule has 3 rings (SSSR count). The van der Waals surface area contributed by atoms with Crippen LogP contribution in [-0.4, -0.2) is 198 Å². The Morgan fingerprint density at radius 2 is 0.535 bits per heavy atom. The average Bonchev–Trinajstić information content (AvgIpc) is 0.848. The highest BCUT2D eigenvalue weighted by atomic mass is 16.4. The first-order chi connectivity index (χ1) is 54.1. The van der Waals surface area contributed by atoms with Gasteiger partial charge in [-0.15, -0.1) is 0 Å². The summed E-state index contributed by atoms with van der Waals surface area (Å²) < 4.78 is 0. The summed E-state index contributed by atoms with van der Waals surface area (Å²) in [6.45, 7) is 18.3. The van der Waals surface area contributed by atoms with Gasteiger partial charge >= 0.3 is 5.97 Å². The lowest BCUT2D eigenvalue weighted by atomic mass is 9.98. The summed E-state index contributed by atoms with van der Waals surface area (Å²) in [6, 6.07) is 9.05. The van der Waals surface area contributed by atoms with Crippen molar-refractivity contribution in [2.24, 2.45) is 52.3 Å². The first-order valence-electron chi connectivity index (χ1n) is 40.3. The summed E-state index contributed by atoms with van der Waals surface area (Å²) in [5, 5.41) is 53.8. The maximum Gasteiger partial charge on any atom is 0.326 e. The van der Waals surface area contributed by atoms with Crippen LogP contribution in [0.25, 0.3) is 0 Å². The molecule has 12 amide bonds. The number of aliphatic hydroxyl groups excluding tert-OH is 1. The number of carboxylic acid groups (broad SMARTS) is 1. The van der Waals surface area contributed by atoms with E-state index in [0.717, 1.165) is 0 Å². The summed E-state index contributed by atoms with van der Waals surface area (Å²) in [4.78, 5) is 184. The van der Waals surface area contributed by atoms with Crippen LogP contribution in [0.5, 0.6) is 0 Å². The van der Waals surface area contributed by atoms with Crippen molar-refractivity contribution in [1.82, 2.24) is 63.8 Å². The van der Waals surface area contributed by atoms with Crippen molar-refractivity contribution in [2.45, 2.75) is 276 Å². The van der Waals surface area contributed by atoms with Crippen LogP contribution in [0.15, 0.2) is 91.0 Å². The lowest BCUT2D eigenvalue weighted by Gasteiger charge is -2.29. The Hall–Kier alpha value is -9.47. The van der Waals surface area contributed by atoms with Crippen LogP contribution in [-0.2, 0) is 81.6 Å². The topological polar surface area (TPSA) is 537 Å². The van der Waals surface area contributed by atoms with Crippen molar-refractivity contribution in [3.8, 4) is 0 Å². The fourth-order valence-corrected chi connectivity index (χ4v) is 12.7. The number of hydrogen-bond donors (Lipinski definition) is 19. The Kier molecular flexibility index (Phi) is 46.4. The van der Waals surface area contributed by atoms with E-state index >= 15 is 0 Å². The number of aliphatic carboxylic acids is 1. The second kappa shape index (κ2) is 53.6. The van der Waals surface area contributed by atoms with Gasteiger partial charge in [0.15, 0.2) is 0 Å². The fourth-order valence-electron chi connectivity index (χ4n) is 12.7. The number of nitrogens with one attached hydrogen (secondary N) is 12. The Morgan fingerprint density at radius 3 is 0.833 bits per heavy atom. The van der Waals surface area contributed by atoms with Crippen LogP contribution >= 0.6 is 0 Å². The van der Waals surface area contributed by atoms with Crippen LogP contribution < -0.4 is 92.5 Å². The Bertz CT molecular complexity index is 3470. The smallest absolute Gasteiger partial charge is 0.326 e. The lowest BCUT2D eigenvalue weighted by Crippen LogP contribution is -2.62. The molecule has 32 nitrogen and oxygen atoms in total. The minimum absolute atomic E-state index is 0.0161. The van der Waals surface area contributed by atoms with Gasteiger partial charge in [-0.3, -0.25) is 57.5 Å². The van der Waals surface area contributed by atoms with Crippen LogP contribution in [0, 0.1) is 23.7 Å². The van der Waals surface area contributed by atoms with Gasteiger partial charge in [0.25, 0.3) is 0 Å². The van der Waals surface area contributed by atoms with Crippen LogP contribution in [0.1, 0.15) is 189 Å². The molecule has 0 unspecified atom stereocenters. The van der Waals surface area contributed by atoms with Gasteiger partial charge in [-0.25, -0.2) is 4.79 Å². The molecule has 24 N–H and O–H groups in total. The third-order valence-corrected chi connectivity index (χ3v) is 18.9. The molecule has 0 bridgehead atoms. The molecule has 0 aromatic heterocycles. The van der Waals surface area contributed by atoms with Gasteiger partial charge < -0.3 is 103 Å². The molecule has 0 saturated carbocycles. The molecular weight excluding hydrogens is 1460 g/mol. The molecule has 0 aliphatic carbocycles. The molecule has 32 heteroatoms. The van der Waals surface area contributed by atoms with E-state index in [9.17, 15) is 72.5 Å². The van der Waals surface area contributed by atoms with Crippen molar-refractivity contribution in [3.05, 3.63) is 108 Å². The van der Waals surface area contributed by atoms with Crippen molar-refractivity contribution in [3.63, 3.8) is 0 Å². The number of amides is 12. The maximum atomic E-state index is 14.7. The number of carbonyl (C=O) groups excluding carboxylic acids is 12. The number of carboxylic acids is 1. The molecule has 0 fully saturated rings. The molecule has 636 valence electrons. The minimum Gasteiger partial charge on any atom is -0.480 e. The van der Waals surface area contributed by atoms with E-state index in [1.807, 2.05) is 27.7 Å². The lowest BCUT2D eigenvalue weighted by molar-refractivity contribution is -0.142. The number of nitrogens with two attached hydrogens (primary N) is 5. The molecule has 0 aliphatic rings. The number of benzene rings is 3. The summed E-state index contributed by atoms with van der Waals surface area (Å²) >= 11 is 0. The van der Waals surface area contributed by atoms with E-state index in [-0.39, 0.29) is 94.4 Å². The van der Waals surface area contributed by atoms with Gasteiger partial charge in [0.05, 0.1) is 12.1 Å². The summed E-state index contributed by atoms with van der Waals surface area (Å²) in [6.07, 6.45) is 3.05. The van der Waals surface area contributed by atoms with Crippen LogP contribution in [0.4, 0.5) is 0 Å². The van der Waals surface area contributed by atoms with E-state index in [0.29, 0.717) is 94.1 Å². The highest BCUT2D eigenvalue weighted by Gasteiger charge is 2.39. The zero-order valence-electron chi connectivity index (χ0n) is 68.4. The molecule has 0 spiro atoms. The predicted octanol–water partition coefficient (Wildman–Crippen LogP) is 1.05. The highest BCUT2D eigenvalue weighted by molar-refractivity contribution is 6.00. The predicted molar refractivity (Wildman–Crippen MR) is 436 cm³/mol. The van der Waals surface area contributed by atoms with E-state index in [1.165, 1.54) is 13.8 Å². The molecular formula is C82H133N17O15. The van der Waals surface area contributed by atoms with Gasteiger partial charge in [0, 0.05) is 19.3 Å². The Balaban J connectivity index is 1.87. The SMILES string of the molecule is CC(C)C[C@H](NC(=O)[C@H](CC(C)C)NC(=O)[C@H](CC(C)C)NC(=O)[C@H](CCCCN)NC(=O)[C@H](CCCCN)NC(=O)[C@H](CCCCN)NC(=O)[C@@H](N)CCCCN)C(=O)N[C@@H](C)C(=O)N[C@H](C(=O)N[C@@H](CC(C)C)C(=O)N[C@@H](Cc1ccccc1)C(=O)N[C@@H](Cc1ccccc1)C(=O)N[C@@H](Cc1ccccc1)C(=O)O)[C@@H](C)O. The molecule has 3 aromatic carbocycles. The van der Waals surface area contributed by atoms with Gasteiger partial charge in [-0.1, -0.05) is 153 Å². The van der Waals surface area contributed by atoms with Gasteiger partial charge in [0.1, 0.15) is 72.5 Å². The quantitative estimate of drug-likeness (QED) is 0.0351. The molecule has 0 aliphatic heterocycles. The van der Waals surface area contributed by atoms with Crippen molar-refractivity contribution in [1.29, 1.82) is 0 Å². The van der Waals surface area contributed by atoms with Crippen molar-refractivity contribution >= 4 is 76.9 Å². The summed E-state index contributed by atoms with van der Waals surface area (Å²) in [5.74, 6) is -11.7. The Labute approximate surface area is 672 Å². The third-order valence-electron chi connectivity index (χ3n) is 18.9. The maximum absolute atomic E-state index is 14.7. The fraction of sp³-hybridized carbons (Fsp3) is 0.622. The van der Waals surface area contributed by atoms with Crippen molar-refractivity contribution < 1.29 is 72.5 Å². The highest BCUT2D eigenvalue weighted by Crippen LogP contribution is 2.17. The number of rotatable bonds is 56. The van der Waals surface area contributed by atoms with E-state index < -0.39 is 162 Å². The van der Waals surface area contributed by atoms with E-state index in [1.54, 1.807) is 119 Å². The first-order valence-corrected chi connectivity index (χ1v) is 40.3. The standard InChI is InChI=1S/C82H133N17O15/c1-49(2)42-62(93-77(108)64(44-51(5)6)94-76(107)63(43-50(3)4)92-74(105)61(37-23-27-41-86)91-73(104)60(36-22-26-40-85)90-72(103)59(35-21-25-39-84)89-71(102)58(87)34-20-24-38-83)75(106)88-53(9)70(101)99-69(54(10)100)81(112)97-65(45-52(7)8)78(109)95-66(46-55-28-14-11-15-29-55)79(110)96-67(47-56-30-16-12-17-31-56)80(111)98-68(82(113)114)48-57-32-18-13-19-33-57/h11-19,28-33,49-54,58-69,100H,20-27,34-48,83-87H2,1-10H3,(H,88,106)(H,89,102)(H,90,103)(H,91,104)(H,92,105)(H,93,108)(H,94,107)(H,95,109)(H,96,110)(H,97,112)(H,98,111)(H,99,101)(H,113,114)/t53-,54+,58-,59-,60-,61-,62-,63-,64-,65-,66-,67-,68-,69-/m0/s1. The third kappa shape index (κ3) is 38.1. The van der Waals surface area contributed by atoms with Gasteiger partial charge in [-0.2, -0.15) is 0 Å². The summed E-state index contributed by atoms with van der Waals surface area (Å²) in [7, 11) is 0. The van der Waals surface area contributed by atoms with Crippen LogP contribution in [0.3, 0.4) is 0 Å². The number of carbonyl (C=O) groups is 13. The van der Waals surface area contributed by atoms with Crippen molar-refractivity contribution in [2.75, 3.05) is 26.2 Å². The number of hydrogen-bond acceptors (Lipinski definition) is 19. The normalized spacial score (nSPS) is 15.1. The number of unbranched alkanes of at least 4 members (excludes halogenated alkanes) is 4. The molecule has 14 atom stereocenters. The zero-order valence-corrected chi connectivity index (χ0v) is 68.4. The monoisotopic (exact) mass is 1600 g/mol. The Morgan fingerprint density at radius 1 is 0.289 bits per heavy atom. The second-order valence-corrected chi connectivity index (χ2v) is 31.2. The number of aliphatic hydroxyl groups is 1. The van der Waals surface area contributed by atoms with Crippen LogP contribution in [0.2, 0.25) is 0 Å². The second-order valence-electron chi connectivity index (χ2n) is 31.2. The van der Waals surface area contributed by atoms with E-state index in [4.69, 9.17) is 28.7 Å². The molecule has 0 heterocycles. The molecule has 3 aromatic rings. The largest absolute Gasteiger partial charge is 0.480 e.